The SMILES string of the molecule is [CH2]C(C)c1cc(Cl)ccc1Cl. The van der Waals surface area contributed by atoms with Crippen molar-refractivity contribution in [3.8, 4) is 0 Å². The third-order valence-corrected chi connectivity index (χ3v) is 2.07. The van der Waals surface area contributed by atoms with E-state index in [9.17, 15) is 0 Å². The monoisotopic (exact) mass is 187 g/mol. The van der Waals surface area contributed by atoms with E-state index in [0.29, 0.717) is 5.02 Å². The van der Waals surface area contributed by atoms with E-state index in [4.69, 9.17) is 23.2 Å². The molecule has 0 heterocycles. The fourth-order valence-electron chi connectivity index (χ4n) is 0.892. The zero-order valence-corrected chi connectivity index (χ0v) is 7.78. The molecule has 0 amide bonds. The molecule has 1 aromatic rings. The summed E-state index contributed by atoms with van der Waals surface area (Å²) in [5.41, 5.74) is 0.999. The fraction of sp³-hybridized carbons (Fsp3) is 0.222. The van der Waals surface area contributed by atoms with Crippen LogP contribution in [-0.4, -0.2) is 0 Å². The van der Waals surface area contributed by atoms with E-state index in [1.54, 1.807) is 12.1 Å². The standard InChI is InChI=1S/C9H9Cl2/c1-6(2)8-5-7(10)3-4-9(8)11/h3-6H,1H2,2H3. The highest BCUT2D eigenvalue weighted by Gasteiger charge is 2.04. The van der Waals surface area contributed by atoms with Crippen LogP contribution in [0.2, 0.25) is 10.0 Å². The molecule has 0 saturated heterocycles. The molecule has 1 rings (SSSR count). The third kappa shape index (κ3) is 2.11. The molecule has 0 spiro atoms. The van der Waals surface area contributed by atoms with Crippen LogP contribution < -0.4 is 0 Å². The number of halogens is 2. The molecule has 0 aromatic heterocycles. The lowest BCUT2D eigenvalue weighted by molar-refractivity contribution is 0.965. The molecular weight excluding hydrogens is 179 g/mol. The average Bonchev–Trinajstić information content (AvgIpc) is 1.94. The van der Waals surface area contributed by atoms with Gasteiger partial charge in [-0.05, 0) is 36.6 Å². The van der Waals surface area contributed by atoms with Crippen LogP contribution >= 0.6 is 23.2 Å². The lowest BCUT2D eigenvalue weighted by atomic mass is 10.0. The lowest BCUT2D eigenvalue weighted by Crippen LogP contribution is -1.88. The van der Waals surface area contributed by atoms with Gasteiger partial charge in [0.05, 0.1) is 0 Å². The Hall–Kier alpha value is -0.200. The maximum Gasteiger partial charge on any atom is 0.0441 e. The first-order valence-electron chi connectivity index (χ1n) is 3.39. The van der Waals surface area contributed by atoms with Crippen LogP contribution in [-0.2, 0) is 0 Å². The van der Waals surface area contributed by atoms with Gasteiger partial charge in [-0.15, -0.1) is 0 Å². The van der Waals surface area contributed by atoms with Crippen molar-refractivity contribution in [2.24, 2.45) is 0 Å². The maximum atomic E-state index is 5.89. The Balaban J connectivity index is 3.13. The van der Waals surface area contributed by atoms with E-state index in [2.05, 4.69) is 6.92 Å². The molecule has 0 bridgehead atoms. The molecule has 59 valence electrons. The van der Waals surface area contributed by atoms with Gasteiger partial charge in [-0.3, -0.25) is 0 Å². The van der Waals surface area contributed by atoms with Crippen molar-refractivity contribution in [1.82, 2.24) is 0 Å². The van der Waals surface area contributed by atoms with Crippen LogP contribution in [0, 0.1) is 6.92 Å². The molecular formula is C9H9Cl2. The molecule has 0 N–H and O–H groups in total. The lowest BCUT2D eigenvalue weighted by Gasteiger charge is -2.07. The molecule has 2 heteroatoms. The Morgan fingerprint density at radius 1 is 1.36 bits per heavy atom. The van der Waals surface area contributed by atoms with E-state index in [0.717, 1.165) is 10.6 Å². The van der Waals surface area contributed by atoms with Crippen molar-refractivity contribution in [2.45, 2.75) is 12.8 Å². The summed E-state index contributed by atoms with van der Waals surface area (Å²) < 4.78 is 0. The molecule has 0 aliphatic heterocycles. The van der Waals surface area contributed by atoms with Gasteiger partial charge in [-0.2, -0.15) is 0 Å². The van der Waals surface area contributed by atoms with Gasteiger partial charge in [0.1, 0.15) is 0 Å². The highest BCUT2D eigenvalue weighted by molar-refractivity contribution is 6.33. The second-order valence-electron chi connectivity index (χ2n) is 2.57. The highest BCUT2D eigenvalue weighted by Crippen LogP contribution is 2.26. The molecule has 11 heavy (non-hydrogen) atoms. The number of hydrogen-bond acceptors (Lipinski definition) is 0. The van der Waals surface area contributed by atoms with Gasteiger partial charge in [0.25, 0.3) is 0 Å². The normalized spacial score (nSPS) is 10.6. The maximum absolute atomic E-state index is 5.89. The smallest absolute Gasteiger partial charge is 0.0441 e. The van der Waals surface area contributed by atoms with E-state index in [1.807, 2.05) is 13.0 Å². The summed E-state index contributed by atoms with van der Waals surface area (Å²) in [5.74, 6) is 0.182. The molecule has 1 unspecified atom stereocenters. The molecule has 0 fully saturated rings. The zero-order chi connectivity index (χ0) is 8.43. The second kappa shape index (κ2) is 3.46. The summed E-state index contributed by atoms with van der Waals surface area (Å²) in [6.07, 6.45) is 0. The van der Waals surface area contributed by atoms with Crippen LogP contribution in [0.25, 0.3) is 0 Å². The largest absolute Gasteiger partial charge is 0.0843 e. The zero-order valence-electron chi connectivity index (χ0n) is 6.27. The fourth-order valence-corrected chi connectivity index (χ4v) is 1.38. The Morgan fingerprint density at radius 3 is 2.45 bits per heavy atom. The molecule has 0 aliphatic rings. The third-order valence-electron chi connectivity index (χ3n) is 1.49. The quantitative estimate of drug-likeness (QED) is 0.626. The first kappa shape index (κ1) is 8.89. The van der Waals surface area contributed by atoms with Crippen molar-refractivity contribution in [3.63, 3.8) is 0 Å². The topological polar surface area (TPSA) is 0 Å². The molecule has 1 aromatic carbocycles. The van der Waals surface area contributed by atoms with Gasteiger partial charge in [0.2, 0.25) is 0 Å². The summed E-state index contributed by atoms with van der Waals surface area (Å²) in [5, 5.41) is 1.44. The number of rotatable bonds is 1. The van der Waals surface area contributed by atoms with Gasteiger partial charge in [-0.25, -0.2) is 0 Å². The Kier molecular flexibility index (Phi) is 2.80. The molecule has 0 saturated carbocycles. The minimum atomic E-state index is 0.182. The Labute approximate surface area is 77.1 Å². The minimum Gasteiger partial charge on any atom is -0.0843 e. The molecule has 1 radical (unpaired) electrons. The summed E-state index contributed by atoms with van der Waals surface area (Å²) in [4.78, 5) is 0. The predicted molar refractivity (Wildman–Crippen MR) is 50.2 cm³/mol. The first-order valence-corrected chi connectivity index (χ1v) is 4.15. The number of hydrogen-bond donors (Lipinski definition) is 0. The second-order valence-corrected chi connectivity index (χ2v) is 3.41. The van der Waals surface area contributed by atoms with Crippen LogP contribution in [0.3, 0.4) is 0 Å². The van der Waals surface area contributed by atoms with E-state index >= 15 is 0 Å². The Morgan fingerprint density at radius 2 is 2.00 bits per heavy atom. The van der Waals surface area contributed by atoms with Crippen molar-refractivity contribution < 1.29 is 0 Å². The van der Waals surface area contributed by atoms with E-state index in [-0.39, 0.29) is 5.92 Å². The van der Waals surface area contributed by atoms with Crippen molar-refractivity contribution in [2.75, 3.05) is 0 Å². The van der Waals surface area contributed by atoms with Crippen LogP contribution in [0.15, 0.2) is 18.2 Å². The highest BCUT2D eigenvalue weighted by atomic mass is 35.5. The van der Waals surface area contributed by atoms with Gasteiger partial charge in [-0.1, -0.05) is 30.1 Å². The van der Waals surface area contributed by atoms with Gasteiger partial charge < -0.3 is 0 Å². The van der Waals surface area contributed by atoms with Crippen LogP contribution in [0.5, 0.6) is 0 Å². The van der Waals surface area contributed by atoms with E-state index < -0.39 is 0 Å². The first-order chi connectivity index (χ1) is 5.11. The van der Waals surface area contributed by atoms with Crippen molar-refractivity contribution >= 4 is 23.2 Å². The van der Waals surface area contributed by atoms with Gasteiger partial charge >= 0.3 is 0 Å². The summed E-state index contributed by atoms with van der Waals surface area (Å²) >= 11 is 11.7. The van der Waals surface area contributed by atoms with Crippen LogP contribution in [0.1, 0.15) is 18.4 Å². The summed E-state index contributed by atoms with van der Waals surface area (Å²) in [7, 11) is 0. The van der Waals surface area contributed by atoms with E-state index in [1.165, 1.54) is 0 Å². The average molecular weight is 188 g/mol. The minimum absolute atomic E-state index is 0.182. The molecule has 1 atom stereocenters. The van der Waals surface area contributed by atoms with Crippen LogP contribution in [0.4, 0.5) is 0 Å². The van der Waals surface area contributed by atoms with Gasteiger partial charge in [0.15, 0.2) is 0 Å². The summed E-state index contributed by atoms with van der Waals surface area (Å²) in [6.45, 7) is 5.85. The van der Waals surface area contributed by atoms with Crippen molar-refractivity contribution in [1.29, 1.82) is 0 Å². The van der Waals surface area contributed by atoms with Crippen molar-refractivity contribution in [3.05, 3.63) is 40.7 Å². The predicted octanol–water partition coefficient (Wildman–Crippen LogP) is 3.93. The molecule has 0 nitrogen and oxygen atoms in total. The summed E-state index contributed by atoms with van der Waals surface area (Å²) in [6, 6.07) is 5.41. The Bertz CT molecular complexity index is 254. The molecule has 0 aliphatic carbocycles. The van der Waals surface area contributed by atoms with Gasteiger partial charge in [0, 0.05) is 10.0 Å². The number of benzene rings is 1.